The largest absolute Gasteiger partial charge is 0.480 e. The SMILES string of the molecule is COC(=O)CC[C@H](NC(=O)C1CCCCC1CN)C(=O)O. The van der Waals surface area contributed by atoms with Crippen molar-refractivity contribution >= 4 is 17.8 Å². The fourth-order valence-corrected chi connectivity index (χ4v) is 2.74. The molecule has 1 saturated carbocycles. The van der Waals surface area contributed by atoms with Gasteiger partial charge in [0.15, 0.2) is 0 Å². The maximum Gasteiger partial charge on any atom is 0.326 e. The molecule has 0 saturated heterocycles. The molecule has 0 aromatic rings. The molecule has 1 aliphatic carbocycles. The number of carboxylic acid groups (broad SMARTS) is 1. The van der Waals surface area contributed by atoms with Gasteiger partial charge in [0.05, 0.1) is 7.11 Å². The number of carbonyl (C=O) groups excluding carboxylic acids is 2. The molecular weight excluding hydrogens is 276 g/mol. The van der Waals surface area contributed by atoms with Crippen LogP contribution in [0.1, 0.15) is 38.5 Å². The number of esters is 1. The van der Waals surface area contributed by atoms with E-state index in [1.54, 1.807) is 0 Å². The topological polar surface area (TPSA) is 119 Å². The third kappa shape index (κ3) is 5.34. The Morgan fingerprint density at radius 1 is 1.33 bits per heavy atom. The monoisotopic (exact) mass is 300 g/mol. The summed E-state index contributed by atoms with van der Waals surface area (Å²) in [5.41, 5.74) is 5.68. The first kappa shape index (κ1) is 17.4. The molecule has 0 heterocycles. The number of hydrogen-bond donors (Lipinski definition) is 3. The van der Waals surface area contributed by atoms with E-state index in [0.29, 0.717) is 6.54 Å². The van der Waals surface area contributed by atoms with Gasteiger partial charge in [-0.2, -0.15) is 0 Å². The summed E-state index contributed by atoms with van der Waals surface area (Å²) in [4.78, 5) is 34.5. The van der Waals surface area contributed by atoms with Gasteiger partial charge in [0, 0.05) is 12.3 Å². The zero-order valence-electron chi connectivity index (χ0n) is 12.3. The summed E-state index contributed by atoms with van der Waals surface area (Å²) < 4.78 is 4.48. The van der Waals surface area contributed by atoms with Gasteiger partial charge in [-0.3, -0.25) is 9.59 Å². The summed E-state index contributed by atoms with van der Waals surface area (Å²) in [5.74, 6) is -2.04. The molecule has 120 valence electrons. The Morgan fingerprint density at radius 3 is 2.57 bits per heavy atom. The van der Waals surface area contributed by atoms with Crippen LogP contribution in [-0.2, 0) is 19.1 Å². The highest BCUT2D eigenvalue weighted by molar-refractivity contribution is 5.85. The van der Waals surface area contributed by atoms with Crippen molar-refractivity contribution < 1.29 is 24.2 Å². The highest BCUT2D eigenvalue weighted by Crippen LogP contribution is 2.29. The summed E-state index contributed by atoms with van der Waals surface area (Å²) in [6.45, 7) is 0.429. The van der Waals surface area contributed by atoms with Crippen LogP contribution < -0.4 is 11.1 Å². The number of ether oxygens (including phenoxy) is 1. The van der Waals surface area contributed by atoms with Crippen LogP contribution in [0.4, 0.5) is 0 Å². The molecule has 21 heavy (non-hydrogen) atoms. The predicted molar refractivity (Wildman–Crippen MR) is 75.3 cm³/mol. The standard InChI is InChI=1S/C14H24N2O5/c1-21-12(17)7-6-11(14(19)20)16-13(18)10-5-3-2-4-9(10)8-15/h9-11H,2-8,15H2,1H3,(H,16,18)(H,19,20)/t9?,10?,11-/m0/s1. The minimum atomic E-state index is -1.15. The molecule has 7 heteroatoms. The highest BCUT2D eigenvalue weighted by atomic mass is 16.5. The lowest BCUT2D eigenvalue weighted by molar-refractivity contribution is -0.145. The van der Waals surface area contributed by atoms with Crippen LogP contribution in [-0.4, -0.2) is 42.6 Å². The number of amides is 1. The van der Waals surface area contributed by atoms with Crippen LogP contribution in [0.3, 0.4) is 0 Å². The summed E-state index contributed by atoms with van der Waals surface area (Å²) in [6.07, 6.45) is 3.61. The van der Waals surface area contributed by atoms with Gasteiger partial charge in [-0.15, -0.1) is 0 Å². The third-order valence-electron chi connectivity index (χ3n) is 4.03. The first-order valence-corrected chi connectivity index (χ1v) is 7.29. The van der Waals surface area contributed by atoms with Crippen LogP contribution in [0, 0.1) is 11.8 Å². The molecule has 1 rings (SSSR count). The van der Waals surface area contributed by atoms with E-state index in [0.717, 1.165) is 25.7 Å². The Kier molecular flexibility index (Phi) is 7.14. The van der Waals surface area contributed by atoms with Crippen molar-refractivity contribution in [2.45, 2.75) is 44.6 Å². The van der Waals surface area contributed by atoms with Crippen molar-refractivity contribution in [3.8, 4) is 0 Å². The van der Waals surface area contributed by atoms with Gasteiger partial charge in [-0.05, 0) is 31.7 Å². The lowest BCUT2D eigenvalue weighted by Gasteiger charge is -2.30. The van der Waals surface area contributed by atoms with E-state index < -0.39 is 18.0 Å². The lowest BCUT2D eigenvalue weighted by Crippen LogP contribution is -2.47. The van der Waals surface area contributed by atoms with Crippen molar-refractivity contribution in [1.82, 2.24) is 5.32 Å². The van der Waals surface area contributed by atoms with Crippen LogP contribution in [0.15, 0.2) is 0 Å². The molecule has 0 radical (unpaired) electrons. The maximum absolute atomic E-state index is 12.3. The Morgan fingerprint density at radius 2 is 2.00 bits per heavy atom. The van der Waals surface area contributed by atoms with Crippen molar-refractivity contribution in [3.05, 3.63) is 0 Å². The fraction of sp³-hybridized carbons (Fsp3) is 0.786. The summed E-state index contributed by atoms with van der Waals surface area (Å²) >= 11 is 0. The Hall–Kier alpha value is -1.63. The number of carboxylic acids is 1. The highest BCUT2D eigenvalue weighted by Gasteiger charge is 2.32. The van der Waals surface area contributed by atoms with Crippen LogP contribution in [0.25, 0.3) is 0 Å². The molecule has 0 bridgehead atoms. The molecule has 7 nitrogen and oxygen atoms in total. The molecule has 1 aliphatic rings. The average Bonchev–Trinajstić information content (AvgIpc) is 2.50. The van der Waals surface area contributed by atoms with E-state index in [2.05, 4.69) is 10.1 Å². The minimum Gasteiger partial charge on any atom is -0.480 e. The van der Waals surface area contributed by atoms with Gasteiger partial charge in [0.2, 0.25) is 5.91 Å². The van der Waals surface area contributed by atoms with E-state index in [-0.39, 0.29) is 30.6 Å². The number of methoxy groups -OCH3 is 1. The van der Waals surface area contributed by atoms with Crippen LogP contribution in [0.5, 0.6) is 0 Å². The molecule has 1 amide bonds. The molecule has 0 aliphatic heterocycles. The number of nitrogens with one attached hydrogen (secondary N) is 1. The Balaban J connectivity index is 2.58. The van der Waals surface area contributed by atoms with E-state index in [4.69, 9.17) is 10.8 Å². The van der Waals surface area contributed by atoms with Crippen LogP contribution in [0.2, 0.25) is 0 Å². The quantitative estimate of drug-likeness (QED) is 0.581. The Labute approximate surface area is 124 Å². The Bertz CT molecular complexity index is 386. The third-order valence-corrected chi connectivity index (χ3v) is 4.03. The lowest BCUT2D eigenvalue weighted by atomic mass is 9.78. The predicted octanol–water partition coefficient (Wildman–Crippen LogP) is 0.274. The number of hydrogen-bond acceptors (Lipinski definition) is 5. The van der Waals surface area contributed by atoms with Gasteiger partial charge in [-0.25, -0.2) is 4.79 Å². The number of rotatable bonds is 7. The van der Waals surface area contributed by atoms with Crippen molar-refractivity contribution in [1.29, 1.82) is 0 Å². The van der Waals surface area contributed by atoms with Crippen molar-refractivity contribution in [2.24, 2.45) is 17.6 Å². The maximum atomic E-state index is 12.3. The first-order chi connectivity index (χ1) is 9.99. The number of aliphatic carboxylic acids is 1. The van der Waals surface area contributed by atoms with Crippen molar-refractivity contribution in [3.63, 3.8) is 0 Å². The fourth-order valence-electron chi connectivity index (χ4n) is 2.74. The zero-order valence-corrected chi connectivity index (χ0v) is 12.3. The second-order valence-electron chi connectivity index (χ2n) is 5.40. The van der Waals surface area contributed by atoms with Gasteiger partial charge in [0.1, 0.15) is 6.04 Å². The molecule has 3 atom stereocenters. The van der Waals surface area contributed by atoms with E-state index in [1.807, 2.05) is 0 Å². The minimum absolute atomic E-state index is 0.0216. The smallest absolute Gasteiger partial charge is 0.326 e. The molecule has 1 fully saturated rings. The molecular formula is C14H24N2O5. The summed E-state index contributed by atoms with van der Waals surface area (Å²) in [5, 5.41) is 11.7. The van der Waals surface area contributed by atoms with Gasteiger partial charge in [0.25, 0.3) is 0 Å². The van der Waals surface area contributed by atoms with Gasteiger partial charge >= 0.3 is 11.9 Å². The molecule has 0 spiro atoms. The van der Waals surface area contributed by atoms with Gasteiger partial charge in [-0.1, -0.05) is 12.8 Å². The van der Waals surface area contributed by atoms with E-state index in [9.17, 15) is 14.4 Å². The van der Waals surface area contributed by atoms with Crippen molar-refractivity contribution in [2.75, 3.05) is 13.7 Å². The molecule has 4 N–H and O–H groups in total. The molecule has 0 aromatic heterocycles. The second kappa shape index (κ2) is 8.61. The molecule has 2 unspecified atom stereocenters. The second-order valence-corrected chi connectivity index (χ2v) is 5.40. The number of nitrogens with two attached hydrogens (primary N) is 1. The zero-order chi connectivity index (χ0) is 15.8. The van der Waals surface area contributed by atoms with Crippen LogP contribution >= 0.6 is 0 Å². The first-order valence-electron chi connectivity index (χ1n) is 7.29. The van der Waals surface area contributed by atoms with Gasteiger partial charge < -0.3 is 20.9 Å². The normalized spacial score (nSPS) is 23.1. The van der Waals surface area contributed by atoms with E-state index in [1.165, 1.54) is 7.11 Å². The summed E-state index contributed by atoms with van der Waals surface area (Å²) in [7, 11) is 1.24. The average molecular weight is 300 g/mol. The molecule has 0 aromatic carbocycles. The summed E-state index contributed by atoms with van der Waals surface area (Å²) in [6, 6.07) is -1.07. The van der Waals surface area contributed by atoms with E-state index >= 15 is 0 Å². The number of carbonyl (C=O) groups is 3.